The Morgan fingerprint density at radius 3 is 2.41 bits per heavy atom. The molecular weight excluding hydrogens is 386 g/mol. The minimum Gasteiger partial charge on any atom is -0.489 e. The van der Waals surface area contributed by atoms with Gasteiger partial charge in [0.15, 0.2) is 5.76 Å². The maximum absolute atomic E-state index is 12.6. The first-order valence-electron chi connectivity index (χ1n) is 9.22. The second-order valence-electron chi connectivity index (χ2n) is 7.00. The van der Waals surface area contributed by atoms with Gasteiger partial charge < -0.3 is 14.4 Å². The van der Waals surface area contributed by atoms with Gasteiger partial charge >= 0.3 is 0 Å². The predicted octanol–water partition coefficient (Wildman–Crippen LogP) is 5.60. The Kier molecular flexibility index (Phi) is 5.28. The number of Topliss-reactive ketones (excluding diaryl/α,β-unsaturated/α-hetero) is 1. The Morgan fingerprint density at radius 2 is 1.72 bits per heavy atom. The molecule has 4 nitrogen and oxygen atoms in total. The van der Waals surface area contributed by atoms with E-state index >= 15 is 0 Å². The molecule has 3 aromatic carbocycles. The van der Waals surface area contributed by atoms with E-state index in [1.165, 1.54) is 0 Å². The van der Waals surface area contributed by atoms with Crippen LogP contribution >= 0.6 is 11.6 Å². The van der Waals surface area contributed by atoms with Crippen molar-refractivity contribution in [3.63, 3.8) is 0 Å². The molecule has 0 amide bonds. The van der Waals surface area contributed by atoms with Crippen molar-refractivity contribution < 1.29 is 14.3 Å². The smallest absolute Gasteiger partial charge is 0.231 e. The zero-order chi connectivity index (χ0) is 20.4. The number of fused-ring (bicyclic) bond motifs is 1. The molecule has 1 aliphatic rings. The standard InChI is InChI=1S/C24H20ClNO3/c1-26(2)19-9-5-16(6-10-19)13-23-24(27)21-12-11-20(14-22(21)29-23)28-15-17-3-7-18(25)8-4-17/h3-14H,15H2,1-2H3/b23-13-. The number of carbonyl (C=O) groups excluding carboxylic acids is 1. The summed E-state index contributed by atoms with van der Waals surface area (Å²) < 4.78 is 11.6. The van der Waals surface area contributed by atoms with Crippen molar-refractivity contribution in [3.8, 4) is 11.5 Å². The number of carbonyl (C=O) groups is 1. The lowest BCUT2D eigenvalue weighted by atomic mass is 10.1. The van der Waals surface area contributed by atoms with Gasteiger partial charge in [-0.05, 0) is 53.6 Å². The Morgan fingerprint density at radius 1 is 1.00 bits per heavy atom. The Labute approximate surface area is 174 Å². The molecular formula is C24H20ClNO3. The largest absolute Gasteiger partial charge is 0.489 e. The van der Waals surface area contributed by atoms with Crippen LogP contribution in [-0.4, -0.2) is 19.9 Å². The van der Waals surface area contributed by atoms with Gasteiger partial charge in [-0.15, -0.1) is 0 Å². The van der Waals surface area contributed by atoms with Crippen molar-refractivity contribution in [2.75, 3.05) is 19.0 Å². The third-order valence-corrected chi connectivity index (χ3v) is 4.92. The molecule has 4 rings (SSSR count). The molecule has 29 heavy (non-hydrogen) atoms. The highest BCUT2D eigenvalue weighted by Crippen LogP contribution is 2.35. The summed E-state index contributed by atoms with van der Waals surface area (Å²) in [4.78, 5) is 14.7. The van der Waals surface area contributed by atoms with Gasteiger partial charge in [-0.2, -0.15) is 0 Å². The van der Waals surface area contributed by atoms with Gasteiger partial charge in [0.1, 0.15) is 18.1 Å². The predicted molar refractivity (Wildman–Crippen MR) is 116 cm³/mol. The SMILES string of the molecule is CN(C)c1ccc(/C=C2\Oc3cc(OCc4ccc(Cl)cc4)ccc3C2=O)cc1. The monoisotopic (exact) mass is 405 g/mol. The summed E-state index contributed by atoms with van der Waals surface area (Å²) in [5.74, 6) is 1.34. The van der Waals surface area contributed by atoms with Crippen LogP contribution in [0.15, 0.2) is 72.5 Å². The summed E-state index contributed by atoms with van der Waals surface area (Å²) in [5, 5.41) is 0.689. The normalized spacial score (nSPS) is 13.9. The van der Waals surface area contributed by atoms with Crippen molar-refractivity contribution >= 4 is 29.1 Å². The molecule has 3 aromatic rings. The van der Waals surface area contributed by atoms with E-state index < -0.39 is 0 Å². The zero-order valence-corrected chi connectivity index (χ0v) is 16.9. The number of rotatable bonds is 5. The van der Waals surface area contributed by atoms with Gasteiger partial charge in [0, 0.05) is 30.9 Å². The quantitative estimate of drug-likeness (QED) is 0.518. The van der Waals surface area contributed by atoms with Crippen molar-refractivity contribution in [1.82, 2.24) is 0 Å². The summed E-state index contributed by atoms with van der Waals surface area (Å²) in [5.41, 5.74) is 3.55. The highest BCUT2D eigenvalue weighted by Gasteiger charge is 2.27. The molecule has 0 fully saturated rings. The van der Waals surface area contributed by atoms with E-state index in [1.54, 1.807) is 24.3 Å². The van der Waals surface area contributed by atoms with E-state index in [0.717, 1.165) is 16.8 Å². The molecule has 1 heterocycles. The highest BCUT2D eigenvalue weighted by molar-refractivity contribution is 6.30. The fourth-order valence-electron chi connectivity index (χ4n) is 3.02. The summed E-state index contributed by atoms with van der Waals surface area (Å²) in [6.07, 6.45) is 1.76. The summed E-state index contributed by atoms with van der Waals surface area (Å²) in [6.45, 7) is 0.408. The fourth-order valence-corrected chi connectivity index (χ4v) is 3.15. The first-order valence-corrected chi connectivity index (χ1v) is 9.60. The molecule has 0 spiro atoms. The van der Waals surface area contributed by atoms with E-state index in [0.29, 0.717) is 34.5 Å². The molecule has 0 unspecified atom stereocenters. The fraction of sp³-hybridized carbons (Fsp3) is 0.125. The second kappa shape index (κ2) is 8.02. The van der Waals surface area contributed by atoms with Gasteiger partial charge in [0.05, 0.1) is 5.56 Å². The lowest BCUT2D eigenvalue weighted by Gasteiger charge is -2.11. The van der Waals surface area contributed by atoms with Crippen LogP contribution in [-0.2, 0) is 6.61 Å². The van der Waals surface area contributed by atoms with Crippen LogP contribution in [0.1, 0.15) is 21.5 Å². The molecule has 0 bridgehead atoms. The molecule has 0 aromatic heterocycles. The Hall–Kier alpha value is -3.24. The highest BCUT2D eigenvalue weighted by atomic mass is 35.5. The number of halogens is 1. The van der Waals surface area contributed by atoms with Crippen LogP contribution in [0.4, 0.5) is 5.69 Å². The minimum absolute atomic E-state index is 0.124. The third-order valence-electron chi connectivity index (χ3n) is 4.67. The maximum atomic E-state index is 12.6. The van der Waals surface area contributed by atoms with E-state index in [4.69, 9.17) is 21.1 Å². The van der Waals surface area contributed by atoms with Gasteiger partial charge in [0.25, 0.3) is 0 Å². The van der Waals surface area contributed by atoms with Crippen LogP contribution in [0, 0.1) is 0 Å². The van der Waals surface area contributed by atoms with Gasteiger partial charge in [0.2, 0.25) is 5.78 Å². The van der Waals surface area contributed by atoms with Crippen LogP contribution in [0.25, 0.3) is 6.08 Å². The number of anilines is 1. The first kappa shape index (κ1) is 19.1. The molecule has 0 N–H and O–H groups in total. The first-order chi connectivity index (χ1) is 14.0. The van der Waals surface area contributed by atoms with Crippen LogP contribution in [0.3, 0.4) is 0 Å². The van der Waals surface area contributed by atoms with E-state index in [2.05, 4.69) is 0 Å². The molecule has 1 aliphatic heterocycles. The number of ketones is 1. The van der Waals surface area contributed by atoms with Crippen LogP contribution in [0.5, 0.6) is 11.5 Å². The van der Waals surface area contributed by atoms with Gasteiger partial charge in [-0.3, -0.25) is 4.79 Å². The minimum atomic E-state index is -0.124. The number of ether oxygens (including phenoxy) is 2. The number of allylic oxidation sites excluding steroid dienone is 1. The van der Waals surface area contributed by atoms with Crippen molar-refractivity contribution in [1.29, 1.82) is 0 Å². The molecule has 0 saturated carbocycles. The van der Waals surface area contributed by atoms with Crippen LogP contribution in [0.2, 0.25) is 5.02 Å². The summed E-state index contributed by atoms with van der Waals surface area (Å²) in [7, 11) is 3.97. The zero-order valence-electron chi connectivity index (χ0n) is 16.2. The third kappa shape index (κ3) is 4.28. The molecule has 0 aliphatic carbocycles. The van der Waals surface area contributed by atoms with Gasteiger partial charge in [-0.25, -0.2) is 0 Å². The topological polar surface area (TPSA) is 38.8 Å². The van der Waals surface area contributed by atoms with Crippen molar-refractivity contribution in [2.45, 2.75) is 6.61 Å². The van der Waals surface area contributed by atoms with E-state index in [1.807, 2.05) is 67.5 Å². The number of benzene rings is 3. The van der Waals surface area contributed by atoms with Crippen molar-refractivity contribution in [2.24, 2.45) is 0 Å². The number of nitrogens with zero attached hydrogens (tertiary/aromatic N) is 1. The molecule has 146 valence electrons. The maximum Gasteiger partial charge on any atom is 0.231 e. The number of hydrogen-bond donors (Lipinski definition) is 0. The Bertz CT molecular complexity index is 1070. The average Bonchev–Trinajstić information content (AvgIpc) is 3.03. The van der Waals surface area contributed by atoms with Gasteiger partial charge in [-0.1, -0.05) is 35.9 Å². The average molecular weight is 406 g/mol. The summed E-state index contributed by atoms with van der Waals surface area (Å²) in [6, 6.07) is 20.7. The summed E-state index contributed by atoms with van der Waals surface area (Å²) >= 11 is 5.90. The Balaban J connectivity index is 1.48. The van der Waals surface area contributed by atoms with Crippen molar-refractivity contribution in [3.05, 3.63) is 94.2 Å². The molecule has 0 saturated heterocycles. The van der Waals surface area contributed by atoms with Crippen LogP contribution < -0.4 is 14.4 Å². The molecule has 5 heteroatoms. The van der Waals surface area contributed by atoms with E-state index in [-0.39, 0.29) is 5.78 Å². The lowest BCUT2D eigenvalue weighted by Crippen LogP contribution is -2.08. The number of hydrogen-bond acceptors (Lipinski definition) is 4. The lowest BCUT2D eigenvalue weighted by molar-refractivity contribution is 0.101. The second-order valence-corrected chi connectivity index (χ2v) is 7.44. The van der Waals surface area contributed by atoms with E-state index in [9.17, 15) is 4.79 Å². The molecule has 0 radical (unpaired) electrons. The molecule has 0 atom stereocenters.